The Morgan fingerprint density at radius 3 is 2.60 bits per heavy atom. The molecule has 162 valence electrons. The second-order valence-corrected chi connectivity index (χ2v) is 8.98. The molecule has 4 rings (SSSR count). The lowest BCUT2D eigenvalue weighted by Crippen LogP contribution is -2.49. The molecule has 0 bridgehead atoms. The van der Waals surface area contributed by atoms with E-state index in [0.29, 0.717) is 29.3 Å². The first kappa shape index (κ1) is 20.8. The molecule has 30 heavy (non-hydrogen) atoms. The zero-order valence-electron chi connectivity index (χ0n) is 17.5. The van der Waals surface area contributed by atoms with Crippen molar-refractivity contribution >= 4 is 29.1 Å². The van der Waals surface area contributed by atoms with Gasteiger partial charge in [0, 0.05) is 24.1 Å². The fourth-order valence-electron chi connectivity index (χ4n) is 5.01. The van der Waals surface area contributed by atoms with Gasteiger partial charge in [0.25, 0.3) is 5.91 Å². The van der Waals surface area contributed by atoms with Gasteiger partial charge in [-0.15, -0.1) is 0 Å². The molecule has 0 spiro atoms. The maximum Gasteiger partial charge on any atom is 0.251 e. The number of carbonyl (C=O) groups is 3. The third-order valence-electron chi connectivity index (χ3n) is 6.80. The molecule has 3 aliphatic rings. The molecular formula is C23H32N4O3. The first-order valence-electron chi connectivity index (χ1n) is 11.3. The Bertz CT molecular complexity index is 819. The molecule has 0 radical (unpaired) electrons. The van der Waals surface area contributed by atoms with E-state index in [2.05, 4.69) is 10.6 Å². The van der Waals surface area contributed by atoms with Crippen LogP contribution in [0.3, 0.4) is 0 Å². The minimum absolute atomic E-state index is 0.0204. The van der Waals surface area contributed by atoms with Crippen LogP contribution in [0.1, 0.15) is 74.6 Å². The van der Waals surface area contributed by atoms with Crippen molar-refractivity contribution in [3.8, 4) is 0 Å². The van der Waals surface area contributed by atoms with Crippen LogP contribution in [0.25, 0.3) is 0 Å². The van der Waals surface area contributed by atoms with E-state index in [1.807, 2.05) is 0 Å². The molecule has 2 saturated carbocycles. The van der Waals surface area contributed by atoms with E-state index < -0.39 is 0 Å². The van der Waals surface area contributed by atoms with Crippen LogP contribution in [0.15, 0.2) is 18.2 Å². The van der Waals surface area contributed by atoms with Gasteiger partial charge in [-0.25, -0.2) is 0 Å². The highest BCUT2D eigenvalue weighted by atomic mass is 16.2. The van der Waals surface area contributed by atoms with Gasteiger partial charge in [0.05, 0.1) is 11.4 Å². The number of carbonyl (C=O) groups excluding carboxylic acids is 3. The van der Waals surface area contributed by atoms with Crippen molar-refractivity contribution in [2.24, 2.45) is 11.7 Å². The third-order valence-corrected chi connectivity index (χ3v) is 6.80. The lowest BCUT2D eigenvalue weighted by molar-refractivity contribution is -0.122. The van der Waals surface area contributed by atoms with Crippen LogP contribution in [-0.4, -0.2) is 36.3 Å². The molecule has 4 N–H and O–H groups in total. The fourth-order valence-corrected chi connectivity index (χ4v) is 5.01. The number of benzene rings is 1. The standard InChI is InChI=1S/C23H32N4O3/c24-17-7-3-4-8-18(17)26-23(30)16-10-11-20-19(13-16)25-21(28)14-27(20)22(29)12-9-15-5-1-2-6-15/h10-11,13,15,17-18H,1-9,12,14,24H2,(H,25,28)(H,26,30). The molecule has 1 aromatic rings. The number of anilines is 2. The van der Waals surface area contributed by atoms with Crippen LogP contribution in [-0.2, 0) is 9.59 Å². The van der Waals surface area contributed by atoms with Gasteiger partial charge in [-0.3, -0.25) is 14.4 Å². The molecule has 7 nitrogen and oxygen atoms in total. The molecular weight excluding hydrogens is 380 g/mol. The molecule has 0 saturated heterocycles. The SMILES string of the molecule is NC1CCCCC1NC(=O)c1ccc2c(c1)NC(=O)CN2C(=O)CCC1CCCC1. The summed E-state index contributed by atoms with van der Waals surface area (Å²) in [7, 11) is 0. The summed E-state index contributed by atoms with van der Waals surface area (Å²) >= 11 is 0. The summed E-state index contributed by atoms with van der Waals surface area (Å²) in [5.74, 6) is 0.176. The minimum atomic E-state index is -0.233. The number of hydrogen-bond acceptors (Lipinski definition) is 4. The summed E-state index contributed by atoms with van der Waals surface area (Å²) in [6, 6.07) is 5.10. The second kappa shape index (κ2) is 9.16. The van der Waals surface area contributed by atoms with Crippen molar-refractivity contribution in [2.75, 3.05) is 16.8 Å². The first-order chi connectivity index (χ1) is 14.5. The second-order valence-electron chi connectivity index (χ2n) is 8.98. The molecule has 0 aromatic heterocycles. The minimum Gasteiger partial charge on any atom is -0.348 e. The van der Waals surface area contributed by atoms with E-state index in [-0.39, 0.29) is 36.3 Å². The number of rotatable bonds is 5. The van der Waals surface area contributed by atoms with Crippen molar-refractivity contribution in [3.63, 3.8) is 0 Å². The molecule has 1 aliphatic heterocycles. The zero-order chi connectivity index (χ0) is 21.1. The van der Waals surface area contributed by atoms with E-state index in [1.54, 1.807) is 23.1 Å². The molecule has 1 aromatic carbocycles. The van der Waals surface area contributed by atoms with E-state index in [0.717, 1.165) is 32.1 Å². The maximum absolute atomic E-state index is 12.8. The number of nitrogens with zero attached hydrogens (tertiary/aromatic N) is 1. The number of hydrogen-bond donors (Lipinski definition) is 3. The van der Waals surface area contributed by atoms with Gasteiger partial charge in [0.1, 0.15) is 6.54 Å². The molecule has 7 heteroatoms. The molecule has 1 heterocycles. The van der Waals surface area contributed by atoms with Gasteiger partial charge < -0.3 is 21.3 Å². The summed E-state index contributed by atoms with van der Waals surface area (Å²) in [6.07, 6.45) is 10.2. The number of amides is 3. The highest BCUT2D eigenvalue weighted by molar-refractivity contribution is 6.11. The smallest absolute Gasteiger partial charge is 0.251 e. The topological polar surface area (TPSA) is 105 Å². The van der Waals surface area contributed by atoms with Crippen molar-refractivity contribution in [3.05, 3.63) is 23.8 Å². The molecule has 2 unspecified atom stereocenters. The molecule has 3 amide bonds. The maximum atomic E-state index is 12.8. The van der Waals surface area contributed by atoms with Crippen molar-refractivity contribution < 1.29 is 14.4 Å². The Kier molecular flexibility index (Phi) is 6.37. The van der Waals surface area contributed by atoms with Crippen LogP contribution < -0.4 is 21.3 Å². The summed E-state index contributed by atoms with van der Waals surface area (Å²) < 4.78 is 0. The quantitative estimate of drug-likeness (QED) is 0.691. The Morgan fingerprint density at radius 1 is 1.10 bits per heavy atom. The van der Waals surface area contributed by atoms with Crippen LogP contribution in [0.2, 0.25) is 0 Å². The van der Waals surface area contributed by atoms with Crippen molar-refractivity contribution in [1.29, 1.82) is 0 Å². The lowest BCUT2D eigenvalue weighted by Gasteiger charge is -2.31. The van der Waals surface area contributed by atoms with Crippen molar-refractivity contribution in [2.45, 2.75) is 76.3 Å². The zero-order valence-corrected chi connectivity index (χ0v) is 17.5. The normalized spacial score (nSPS) is 24.3. The summed E-state index contributed by atoms with van der Waals surface area (Å²) in [5.41, 5.74) is 7.79. The molecule has 2 atom stereocenters. The fraction of sp³-hybridized carbons (Fsp3) is 0.609. The number of nitrogens with one attached hydrogen (secondary N) is 2. The van der Waals surface area contributed by atoms with Crippen LogP contribution in [0, 0.1) is 5.92 Å². The Hall–Kier alpha value is -2.41. The summed E-state index contributed by atoms with van der Waals surface area (Å²) in [4.78, 5) is 39.3. The van der Waals surface area contributed by atoms with E-state index in [1.165, 1.54) is 25.7 Å². The van der Waals surface area contributed by atoms with Gasteiger partial charge in [-0.2, -0.15) is 0 Å². The highest BCUT2D eigenvalue weighted by Crippen LogP contribution is 2.33. The van der Waals surface area contributed by atoms with Gasteiger partial charge >= 0.3 is 0 Å². The average molecular weight is 413 g/mol. The molecule has 2 fully saturated rings. The van der Waals surface area contributed by atoms with E-state index >= 15 is 0 Å². The molecule has 2 aliphatic carbocycles. The Labute approximate surface area is 177 Å². The van der Waals surface area contributed by atoms with E-state index in [9.17, 15) is 14.4 Å². The lowest BCUT2D eigenvalue weighted by atomic mass is 9.91. The largest absolute Gasteiger partial charge is 0.348 e. The van der Waals surface area contributed by atoms with Crippen LogP contribution in [0.5, 0.6) is 0 Å². The van der Waals surface area contributed by atoms with Gasteiger partial charge in [0.15, 0.2) is 0 Å². The van der Waals surface area contributed by atoms with Gasteiger partial charge in [-0.05, 0) is 43.4 Å². The average Bonchev–Trinajstić information content (AvgIpc) is 3.26. The predicted molar refractivity (Wildman–Crippen MR) is 116 cm³/mol. The van der Waals surface area contributed by atoms with Crippen LogP contribution >= 0.6 is 0 Å². The van der Waals surface area contributed by atoms with Gasteiger partial charge in [0.2, 0.25) is 11.8 Å². The summed E-state index contributed by atoms with van der Waals surface area (Å²) in [6.45, 7) is 0.0268. The predicted octanol–water partition coefficient (Wildman–Crippen LogP) is 2.94. The Morgan fingerprint density at radius 2 is 1.83 bits per heavy atom. The van der Waals surface area contributed by atoms with Gasteiger partial charge in [-0.1, -0.05) is 38.5 Å². The van der Waals surface area contributed by atoms with Crippen molar-refractivity contribution in [1.82, 2.24) is 5.32 Å². The first-order valence-corrected chi connectivity index (χ1v) is 11.3. The highest BCUT2D eigenvalue weighted by Gasteiger charge is 2.29. The monoisotopic (exact) mass is 412 g/mol. The Balaban J connectivity index is 1.45. The number of nitrogens with two attached hydrogens (primary N) is 1. The number of fused-ring (bicyclic) bond motifs is 1. The third kappa shape index (κ3) is 4.67. The summed E-state index contributed by atoms with van der Waals surface area (Å²) in [5, 5.41) is 5.84. The van der Waals surface area contributed by atoms with Crippen LogP contribution in [0.4, 0.5) is 11.4 Å². The van der Waals surface area contributed by atoms with E-state index in [4.69, 9.17) is 5.73 Å².